The number of methoxy groups -OCH3 is 1. The monoisotopic (exact) mass is 343 g/mol. The zero-order chi connectivity index (χ0) is 18.2. The fourth-order valence-corrected chi connectivity index (χ4v) is 3.76. The number of ether oxygens (including phenoxy) is 1. The molecule has 1 rings (SSSR count). The van der Waals surface area contributed by atoms with Gasteiger partial charge in [0.2, 0.25) is 5.91 Å². The molecular formula is C18H30ClNO3. The summed E-state index contributed by atoms with van der Waals surface area (Å²) in [4.78, 5) is 26.4. The fourth-order valence-electron chi connectivity index (χ4n) is 3.66. The summed E-state index contributed by atoms with van der Waals surface area (Å²) < 4.78 is 4.85. The van der Waals surface area contributed by atoms with Gasteiger partial charge in [0.05, 0.1) is 7.11 Å². The minimum Gasteiger partial charge on any atom is -0.467 e. The Bertz CT molecular complexity index is 520. The maximum atomic E-state index is 12.7. The van der Waals surface area contributed by atoms with E-state index in [1.165, 1.54) is 7.11 Å². The third kappa shape index (κ3) is 4.28. The van der Waals surface area contributed by atoms with Crippen LogP contribution in [0.3, 0.4) is 0 Å². The number of carbonyl (C=O) groups is 2. The fraction of sp³-hybridized carbons (Fsp3) is 0.778. The first-order valence-corrected chi connectivity index (χ1v) is 8.53. The van der Waals surface area contributed by atoms with Gasteiger partial charge in [0, 0.05) is 5.70 Å². The topological polar surface area (TPSA) is 46.6 Å². The Kier molecular flexibility index (Phi) is 5.95. The molecule has 0 aliphatic heterocycles. The first-order valence-electron chi connectivity index (χ1n) is 8.09. The number of hydrogen-bond acceptors (Lipinski definition) is 3. The van der Waals surface area contributed by atoms with Crippen molar-refractivity contribution in [3.63, 3.8) is 0 Å². The summed E-state index contributed by atoms with van der Waals surface area (Å²) in [5.74, 6) is -0.690. The molecule has 0 aromatic heterocycles. The van der Waals surface area contributed by atoms with Gasteiger partial charge < -0.3 is 9.64 Å². The van der Waals surface area contributed by atoms with Crippen molar-refractivity contribution in [1.29, 1.82) is 0 Å². The molecule has 0 bridgehead atoms. The van der Waals surface area contributed by atoms with Crippen LogP contribution in [0, 0.1) is 10.8 Å². The Labute approximate surface area is 145 Å². The standard InChI is InChI=1S/C18H30ClNO3/c1-11-14(9-17(4,5)10-18(11,6)7)20(15(21)12(2)19)13(3)16(22)23-8/h12-13H,9-10H2,1-8H3. The average Bonchev–Trinajstić information content (AvgIpc) is 2.41. The number of nitrogens with zero attached hydrogens (tertiary/aromatic N) is 1. The van der Waals surface area contributed by atoms with Crippen molar-refractivity contribution in [2.24, 2.45) is 10.8 Å². The maximum absolute atomic E-state index is 12.7. The van der Waals surface area contributed by atoms with E-state index in [0.29, 0.717) is 0 Å². The van der Waals surface area contributed by atoms with Gasteiger partial charge in [-0.1, -0.05) is 27.7 Å². The van der Waals surface area contributed by atoms with Crippen molar-refractivity contribution in [2.45, 2.75) is 72.7 Å². The second kappa shape index (κ2) is 6.84. The van der Waals surface area contributed by atoms with Gasteiger partial charge in [-0.2, -0.15) is 0 Å². The van der Waals surface area contributed by atoms with Crippen LogP contribution in [-0.4, -0.2) is 35.3 Å². The second-order valence-corrected chi connectivity index (χ2v) is 8.65. The van der Waals surface area contributed by atoms with E-state index in [4.69, 9.17) is 16.3 Å². The van der Waals surface area contributed by atoms with Crippen molar-refractivity contribution in [3.8, 4) is 0 Å². The predicted molar refractivity (Wildman–Crippen MR) is 93.1 cm³/mol. The molecule has 1 aliphatic rings. The Morgan fingerprint density at radius 3 is 2.17 bits per heavy atom. The molecule has 1 amide bonds. The number of halogens is 1. The molecule has 0 aromatic carbocycles. The van der Waals surface area contributed by atoms with E-state index in [0.717, 1.165) is 24.1 Å². The van der Waals surface area contributed by atoms with Gasteiger partial charge in [-0.25, -0.2) is 4.79 Å². The Balaban J connectivity index is 3.46. The number of allylic oxidation sites excluding steroid dienone is 2. The van der Waals surface area contributed by atoms with E-state index in [9.17, 15) is 9.59 Å². The molecule has 0 heterocycles. The first kappa shape index (κ1) is 20.0. The summed E-state index contributed by atoms with van der Waals surface area (Å²) in [6.07, 6.45) is 1.76. The molecule has 0 N–H and O–H groups in total. The lowest BCUT2D eigenvalue weighted by molar-refractivity contribution is -0.150. The van der Waals surface area contributed by atoms with Crippen molar-refractivity contribution < 1.29 is 14.3 Å². The van der Waals surface area contributed by atoms with Crippen LogP contribution in [0.5, 0.6) is 0 Å². The molecule has 132 valence electrons. The highest BCUT2D eigenvalue weighted by Gasteiger charge is 2.42. The average molecular weight is 344 g/mol. The first-order chi connectivity index (χ1) is 10.3. The Morgan fingerprint density at radius 2 is 1.74 bits per heavy atom. The molecular weight excluding hydrogens is 314 g/mol. The summed E-state index contributed by atoms with van der Waals surface area (Å²) in [7, 11) is 1.33. The molecule has 2 atom stereocenters. The third-order valence-corrected chi connectivity index (χ3v) is 5.00. The molecule has 0 saturated heterocycles. The van der Waals surface area contributed by atoms with Gasteiger partial charge >= 0.3 is 5.97 Å². The quantitative estimate of drug-likeness (QED) is 0.569. The number of rotatable bonds is 4. The lowest BCUT2D eigenvalue weighted by atomic mass is 9.64. The van der Waals surface area contributed by atoms with E-state index in [-0.39, 0.29) is 16.7 Å². The highest BCUT2D eigenvalue weighted by atomic mass is 35.5. The van der Waals surface area contributed by atoms with E-state index in [2.05, 4.69) is 27.7 Å². The summed E-state index contributed by atoms with van der Waals surface area (Å²) in [6.45, 7) is 14.1. The highest BCUT2D eigenvalue weighted by molar-refractivity contribution is 6.30. The SMILES string of the molecule is COC(=O)C(C)N(C(=O)C(C)Cl)C1=C(C)C(C)(C)CC(C)(C)C1. The van der Waals surface area contributed by atoms with Crippen LogP contribution in [-0.2, 0) is 14.3 Å². The van der Waals surface area contributed by atoms with E-state index in [1.54, 1.807) is 18.7 Å². The molecule has 5 heteroatoms. The molecule has 0 spiro atoms. The van der Waals surface area contributed by atoms with Crippen LogP contribution in [0.25, 0.3) is 0 Å². The summed E-state index contributed by atoms with van der Waals surface area (Å²) >= 11 is 6.06. The Hall–Kier alpha value is -1.03. The van der Waals surface area contributed by atoms with Crippen LogP contribution < -0.4 is 0 Å². The van der Waals surface area contributed by atoms with Gasteiger partial charge in [0.25, 0.3) is 0 Å². The van der Waals surface area contributed by atoms with E-state index >= 15 is 0 Å². The third-order valence-electron chi connectivity index (χ3n) is 4.81. The highest BCUT2D eigenvalue weighted by Crippen LogP contribution is 2.50. The molecule has 2 unspecified atom stereocenters. The summed E-state index contributed by atoms with van der Waals surface area (Å²) in [5.41, 5.74) is 2.04. The minimum absolute atomic E-state index is 0.0407. The van der Waals surface area contributed by atoms with E-state index in [1.807, 2.05) is 6.92 Å². The smallest absolute Gasteiger partial charge is 0.328 e. The largest absolute Gasteiger partial charge is 0.467 e. The predicted octanol–water partition coefficient (Wildman–Crippen LogP) is 4.12. The van der Waals surface area contributed by atoms with Crippen LogP contribution in [0.4, 0.5) is 0 Å². The van der Waals surface area contributed by atoms with Gasteiger partial charge in [-0.3, -0.25) is 4.79 Å². The molecule has 0 aromatic rings. The molecule has 23 heavy (non-hydrogen) atoms. The Morgan fingerprint density at radius 1 is 1.22 bits per heavy atom. The van der Waals surface area contributed by atoms with Crippen LogP contribution in [0.2, 0.25) is 0 Å². The van der Waals surface area contributed by atoms with Crippen LogP contribution in [0.15, 0.2) is 11.3 Å². The molecule has 0 saturated carbocycles. The van der Waals surface area contributed by atoms with E-state index < -0.39 is 17.4 Å². The zero-order valence-electron chi connectivity index (χ0n) is 15.6. The van der Waals surface area contributed by atoms with Crippen molar-refractivity contribution >= 4 is 23.5 Å². The second-order valence-electron chi connectivity index (χ2n) is 8.00. The summed E-state index contributed by atoms with van der Waals surface area (Å²) in [6, 6.07) is -0.691. The molecule has 0 fully saturated rings. The number of carbonyl (C=O) groups excluding carboxylic acids is 2. The van der Waals surface area contributed by atoms with Crippen LogP contribution in [0.1, 0.15) is 61.3 Å². The van der Waals surface area contributed by atoms with Gasteiger partial charge in [-0.05, 0) is 50.0 Å². The van der Waals surface area contributed by atoms with Gasteiger partial charge in [0.1, 0.15) is 11.4 Å². The van der Waals surface area contributed by atoms with Crippen molar-refractivity contribution in [3.05, 3.63) is 11.3 Å². The number of esters is 1. The number of hydrogen-bond donors (Lipinski definition) is 0. The lowest BCUT2D eigenvalue weighted by Gasteiger charge is -2.46. The molecule has 4 nitrogen and oxygen atoms in total. The number of amides is 1. The maximum Gasteiger partial charge on any atom is 0.328 e. The zero-order valence-corrected chi connectivity index (χ0v) is 16.4. The number of alkyl halides is 1. The van der Waals surface area contributed by atoms with Gasteiger partial charge in [0.15, 0.2) is 0 Å². The molecule has 0 radical (unpaired) electrons. The molecule has 1 aliphatic carbocycles. The van der Waals surface area contributed by atoms with Gasteiger partial charge in [-0.15, -0.1) is 11.6 Å². The van der Waals surface area contributed by atoms with Crippen molar-refractivity contribution in [1.82, 2.24) is 4.90 Å². The normalized spacial score (nSPS) is 22.3. The summed E-state index contributed by atoms with van der Waals surface area (Å²) in [5, 5.41) is -0.699. The minimum atomic E-state index is -0.699. The van der Waals surface area contributed by atoms with Crippen LogP contribution >= 0.6 is 11.6 Å². The lowest BCUT2D eigenvalue weighted by Crippen LogP contribution is -2.49. The van der Waals surface area contributed by atoms with Crippen molar-refractivity contribution in [2.75, 3.05) is 7.11 Å².